The van der Waals surface area contributed by atoms with Gasteiger partial charge in [0.2, 0.25) is 5.91 Å². The average Bonchev–Trinajstić information content (AvgIpc) is 3.52. The van der Waals surface area contributed by atoms with E-state index in [0.717, 1.165) is 11.6 Å². The lowest BCUT2D eigenvalue weighted by atomic mass is 9.97. The SMILES string of the molecule is O=C(NC1(C(=O)NCc2ccc(Nc3ccc(Cl)cc3C(F)(F)F)cc2)CCOC1)c1cncs1. The van der Waals surface area contributed by atoms with Gasteiger partial charge in [-0.25, -0.2) is 0 Å². The molecule has 1 unspecified atom stereocenters. The van der Waals surface area contributed by atoms with E-state index < -0.39 is 23.2 Å². The largest absolute Gasteiger partial charge is 0.418 e. The molecule has 184 valence electrons. The average molecular weight is 525 g/mol. The molecular formula is C23H20ClF3N4O3S. The normalized spacial score (nSPS) is 17.7. The molecule has 0 bridgehead atoms. The van der Waals surface area contributed by atoms with Crippen LogP contribution in [0.15, 0.2) is 54.2 Å². The maximum atomic E-state index is 13.3. The van der Waals surface area contributed by atoms with E-state index >= 15 is 0 Å². The lowest BCUT2D eigenvalue weighted by molar-refractivity contribution is -0.137. The molecule has 3 N–H and O–H groups in total. The Bertz CT molecular complexity index is 1200. The van der Waals surface area contributed by atoms with Crippen molar-refractivity contribution in [1.29, 1.82) is 0 Å². The van der Waals surface area contributed by atoms with Gasteiger partial charge in [0.15, 0.2) is 0 Å². The Hall–Kier alpha value is -3.15. The Kier molecular flexibility index (Phi) is 7.29. The highest BCUT2D eigenvalue weighted by Crippen LogP contribution is 2.37. The summed E-state index contributed by atoms with van der Waals surface area (Å²) in [6.45, 7) is 0.544. The van der Waals surface area contributed by atoms with Crippen LogP contribution in [0.25, 0.3) is 0 Å². The second-order valence-electron chi connectivity index (χ2n) is 7.90. The third kappa shape index (κ3) is 5.92. The molecule has 2 amide bonds. The van der Waals surface area contributed by atoms with Gasteiger partial charge in [-0.15, -0.1) is 11.3 Å². The third-order valence-electron chi connectivity index (χ3n) is 5.44. The summed E-state index contributed by atoms with van der Waals surface area (Å²) in [6, 6.07) is 10.1. The van der Waals surface area contributed by atoms with E-state index in [1.165, 1.54) is 35.2 Å². The van der Waals surface area contributed by atoms with Crippen LogP contribution in [-0.2, 0) is 22.3 Å². The number of carbonyl (C=O) groups is 2. The smallest absolute Gasteiger partial charge is 0.378 e. The number of nitrogens with zero attached hydrogens (tertiary/aromatic N) is 1. The monoisotopic (exact) mass is 524 g/mol. The highest BCUT2D eigenvalue weighted by molar-refractivity contribution is 7.11. The van der Waals surface area contributed by atoms with Crippen molar-refractivity contribution in [3.63, 3.8) is 0 Å². The predicted molar refractivity (Wildman–Crippen MR) is 126 cm³/mol. The number of amides is 2. The maximum absolute atomic E-state index is 13.3. The first kappa shape index (κ1) is 25.0. The molecule has 0 saturated carbocycles. The third-order valence-corrected chi connectivity index (χ3v) is 6.45. The van der Waals surface area contributed by atoms with E-state index in [0.29, 0.717) is 23.6 Å². The highest BCUT2D eigenvalue weighted by Gasteiger charge is 2.44. The number of halogens is 4. The van der Waals surface area contributed by atoms with Gasteiger partial charge in [0, 0.05) is 30.3 Å². The minimum atomic E-state index is -4.56. The number of anilines is 2. The molecule has 4 rings (SSSR count). The van der Waals surface area contributed by atoms with Crippen molar-refractivity contribution >= 4 is 46.1 Å². The van der Waals surface area contributed by atoms with E-state index in [4.69, 9.17) is 16.3 Å². The Balaban J connectivity index is 1.39. The first-order chi connectivity index (χ1) is 16.7. The summed E-state index contributed by atoms with van der Waals surface area (Å²) in [6.07, 6.45) is -2.81. The van der Waals surface area contributed by atoms with Crippen LogP contribution in [0.2, 0.25) is 5.02 Å². The fourth-order valence-corrected chi connectivity index (χ4v) is 4.27. The van der Waals surface area contributed by atoms with Gasteiger partial charge < -0.3 is 20.7 Å². The molecule has 1 aliphatic rings. The van der Waals surface area contributed by atoms with Crippen molar-refractivity contribution in [2.24, 2.45) is 0 Å². The molecule has 1 saturated heterocycles. The van der Waals surface area contributed by atoms with Gasteiger partial charge in [-0.2, -0.15) is 13.2 Å². The van der Waals surface area contributed by atoms with E-state index in [9.17, 15) is 22.8 Å². The summed E-state index contributed by atoms with van der Waals surface area (Å²) in [5, 5.41) is 8.32. The summed E-state index contributed by atoms with van der Waals surface area (Å²) >= 11 is 6.89. The lowest BCUT2D eigenvalue weighted by Gasteiger charge is -2.27. The zero-order valence-corrected chi connectivity index (χ0v) is 19.7. The molecule has 1 atom stereocenters. The molecule has 2 heterocycles. The van der Waals surface area contributed by atoms with Crippen LogP contribution in [0.4, 0.5) is 24.5 Å². The zero-order valence-electron chi connectivity index (χ0n) is 18.1. The summed E-state index contributed by atoms with van der Waals surface area (Å²) in [5.74, 6) is -0.782. The molecule has 7 nitrogen and oxygen atoms in total. The zero-order chi connectivity index (χ0) is 25.1. The van der Waals surface area contributed by atoms with Gasteiger partial charge >= 0.3 is 6.18 Å². The first-order valence-corrected chi connectivity index (χ1v) is 11.7. The van der Waals surface area contributed by atoms with Crippen molar-refractivity contribution in [2.45, 2.75) is 24.7 Å². The van der Waals surface area contributed by atoms with Crippen molar-refractivity contribution in [3.05, 3.63) is 75.2 Å². The van der Waals surface area contributed by atoms with Crippen molar-refractivity contribution in [3.8, 4) is 0 Å². The molecule has 12 heteroatoms. The van der Waals surface area contributed by atoms with E-state index in [1.807, 2.05) is 0 Å². The molecule has 0 radical (unpaired) electrons. The van der Waals surface area contributed by atoms with Crippen LogP contribution in [0.1, 0.15) is 27.2 Å². The van der Waals surface area contributed by atoms with Crippen LogP contribution in [0, 0.1) is 0 Å². The molecule has 35 heavy (non-hydrogen) atoms. The van der Waals surface area contributed by atoms with Gasteiger partial charge in [0.25, 0.3) is 5.91 Å². The second kappa shape index (κ2) is 10.2. The van der Waals surface area contributed by atoms with Gasteiger partial charge in [-0.05, 0) is 35.9 Å². The molecule has 3 aromatic rings. The van der Waals surface area contributed by atoms with Crippen LogP contribution in [-0.4, -0.2) is 35.6 Å². The van der Waals surface area contributed by atoms with Crippen molar-refractivity contribution < 1.29 is 27.5 Å². The number of carbonyl (C=O) groups excluding carboxylic acids is 2. The summed E-state index contributed by atoms with van der Waals surface area (Å²) in [7, 11) is 0. The van der Waals surface area contributed by atoms with E-state index in [1.54, 1.807) is 24.3 Å². The summed E-state index contributed by atoms with van der Waals surface area (Å²) in [5.41, 5.74) is 0.505. The summed E-state index contributed by atoms with van der Waals surface area (Å²) < 4.78 is 45.3. The number of alkyl halides is 3. The maximum Gasteiger partial charge on any atom is 0.418 e. The van der Waals surface area contributed by atoms with E-state index in [2.05, 4.69) is 20.9 Å². The number of nitrogens with one attached hydrogen (secondary N) is 3. The second-order valence-corrected chi connectivity index (χ2v) is 9.22. The van der Waals surface area contributed by atoms with E-state index in [-0.39, 0.29) is 29.8 Å². The molecule has 2 aromatic carbocycles. The van der Waals surface area contributed by atoms with Gasteiger partial charge in [-0.1, -0.05) is 23.7 Å². The van der Waals surface area contributed by atoms with Crippen LogP contribution in [0.3, 0.4) is 0 Å². The quantitative estimate of drug-likeness (QED) is 0.414. The van der Waals surface area contributed by atoms with Crippen LogP contribution >= 0.6 is 22.9 Å². The Morgan fingerprint density at radius 3 is 2.57 bits per heavy atom. The van der Waals surface area contributed by atoms with Crippen molar-refractivity contribution in [1.82, 2.24) is 15.6 Å². The molecular weight excluding hydrogens is 505 g/mol. The first-order valence-electron chi connectivity index (χ1n) is 10.5. The molecule has 0 spiro atoms. The Morgan fingerprint density at radius 1 is 1.17 bits per heavy atom. The summed E-state index contributed by atoms with van der Waals surface area (Å²) in [4.78, 5) is 29.7. The number of hydrogen-bond donors (Lipinski definition) is 3. The minimum Gasteiger partial charge on any atom is -0.378 e. The lowest BCUT2D eigenvalue weighted by Crippen LogP contribution is -2.59. The number of aromatic nitrogens is 1. The fraction of sp³-hybridized carbons (Fsp3) is 0.261. The number of rotatable bonds is 7. The van der Waals surface area contributed by atoms with Crippen LogP contribution < -0.4 is 16.0 Å². The molecule has 1 aromatic heterocycles. The molecule has 0 aliphatic carbocycles. The van der Waals surface area contributed by atoms with Crippen LogP contribution in [0.5, 0.6) is 0 Å². The van der Waals surface area contributed by atoms with Gasteiger partial charge in [-0.3, -0.25) is 14.6 Å². The van der Waals surface area contributed by atoms with Gasteiger partial charge in [0.05, 0.1) is 29.6 Å². The fourth-order valence-electron chi connectivity index (χ4n) is 3.58. The van der Waals surface area contributed by atoms with Gasteiger partial charge in [0.1, 0.15) is 10.4 Å². The highest BCUT2D eigenvalue weighted by atomic mass is 35.5. The topological polar surface area (TPSA) is 92.4 Å². The predicted octanol–water partition coefficient (Wildman–Crippen LogP) is 4.76. The van der Waals surface area contributed by atoms with Crippen molar-refractivity contribution in [2.75, 3.05) is 18.5 Å². The number of thiazole rings is 1. The minimum absolute atomic E-state index is 0.0114. The molecule has 1 fully saturated rings. The number of ether oxygens (including phenoxy) is 1. The standard InChI is InChI=1S/C23H20ClF3N4O3S/c24-15-3-6-18(17(9-15)23(25,26)27)30-16-4-1-14(2-5-16)10-29-21(33)22(7-8-34-12-22)31-20(32)19-11-28-13-35-19/h1-6,9,11,13,30H,7-8,10,12H2,(H,29,33)(H,31,32). The number of benzene rings is 2. The molecule has 1 aliphatic heterocycles. The number of hydrogen-bond acceptors (Lipinski definition) is 6. The Labute approximate surface area is 207 Å². The Morgan fingerprint density at radius 2 is 1.94 bits per heavy atom.